The Morgan fingerprint density at radius 1 is 1.70 bits per heavy atom. The van der Waals surface area contributed by atoms with Gasteiger partial charge in [-0.3, -0.25) is 0 Å². The summed E-state index contributed by atoms with van der Waals surface area (Å²) in [5.41, 5.74) is 6.54. The summed E-state index contributed by atoms with van der Waals surface area (Å²) in [4.78, 5) is 3.90. The molecule has 2 nitrogen and oxygen atoms in total. The second-order valence-corrected chi connectivity index (χ2v) is 2.49. The van der Waals surface area contributed by atoms with E-state index >= 15 is 0 Å². The Hall–Kier alpha value is -0.760. The Morgan fingerprint density at radius 3 is 2.90 bits per heavy atom. The van der Waals surface area contributed by atoms with Crippen molar-refractivity contribution in [1.29, 1.82) is 0 Å². The van der Waals surface area contributed by atoms with Crippen molar-refractivity contribution < 1.29 is 0 Å². The van der Waals surface area contributed by atoms with Crippen LogP contribution in [0, 0.1) is 0 Å². The van der Waals surface area contributed by atoms with Gasteiger partial charge in [-0.1, -0.05) is 18.5 Å². The van der Waals surface area contributed by atoms with Crippen molar-refractivity contribution >= 4 is 17.4 Å². The molecule has 0 spiro atoms. The molecule has 1 aromatic heterocycles. The lowest BCUT2D eigenvalue weighted by molar-refractivity contribution is 1.11. The van der Waals surface area contributed by atoms with Gasteiger partial charge >= 0.3 is 0 Å². The fourth-order valence-electron chi connectivity index (χ4n) is 0.775. The van der Waals surface area contributed by atoms with Crippen LogP contribution in [-0.4, -0.2) is 4.98 Å². The first-order chi connectivity index (χ1) is 4.74. The molecule has 0 aliphatic rings. The Labute approximate surface area is 65.0 Å². The molecule has 0 saturated heterocycles. The standard InChI is InChI=1S/C7H9ClN2/c1-2-5-3-6(8)4-10-7(5)9/h3-4H,2H2,1H3,(H2,9,10). The zero-order valence-electron chi connectivity index (χ0n) is 5.76. The molecule has 0 bridgehead atoms. The van der Waals surface area contributed by atoms with Crippen LogP contribution in [-0.2, 0) is 6.42 Å². The summed E-state index contributed by atoms with van der Waals surface area (Å²) in [6.07, 6.45) is 2.43. The Morgan fingerprint density at radius 2 is 2.40 bits per heavy atom. The highest BCUT2D eigenvalue weighted by atomic mass is 35.5. The molecule has 0 unspecified atom stereocenters. The van der Waals surface area contributed by atoms with E-state index < -0.39 is 0 Å². The number of halogens is 1. The molecule has 3 heteroatoms. The number of nitrogens with zero attached hydrogens (tertiary/aromatic N) is 1. The lowest BCUT2D eigenvalue weighted by Crippen LogP contribution is -1.95. The van der Waals surface area contributed by atoms with Crippen molar-refractivity contribution in [2.45, 2.75) is 13.3 Å². The normalized spacial score (nSPS) is 9.80. The minimum Gasteiger partial charge on any atom is -0.383 e. The molecule has 0 aromatic carbocycles. The predicted octanol–water partition coefficient (Wildman–Crippen LogP) is 1.88. The van der Waals surface area contributed by atoms with E-state index in [1.54, 1.807) is 6.20 Å². The van der Waals surface area contributed by atoms with Gasteiger partial charge in [0.15, 0.2) is 0 Å². The number of pyridine rings is 1. The van der Waals surface area contributed by atoms with Crippen molar-refractivity contribution in [1.82, 2.24) is 4.98 Å². The van der Waals surface area contributed by atoms with E-state index in [1.165, 1.54) is 0 Å². The number of aromatic nitrogens is 1. The van der Waals surface area contributed by atoms with Crippen LogP contribution in [0.25, 0.3) is 0 Å². The molecule has 1 aromatic rings. The molecular weight excluding hydrogens is 148 g/mol. The first kappa shape index (κ1) is 7.35. The molecule has 1 rings (SSSR count). The topological polar surface area (TPSA) is 38.9 Å². The maximum absolute atomic E-state index is 5.68. The van der Waals surface area contributed by atoms with Crippen molar-refractivity contribution in [2.24, 2.45) is 0 Å². The first-order valence-electron chi connectivity index (χ1n) is 3.14. The molecule has 0 saturated carbocycles. The smallest absolute Gasteiger partial charge is 0.126 e. The Balaban J connectivity index is 3.09. The molecule has 54 valence electrons. The number of aryl methyl sites for hydroxylation is 1. The lowest BCUT2D eigenvalue weighted by atomic mass is 10.2. The summed E-state index contributed by atoms with van der Waals surface area (Å²) in [5, 5.41) is 0.644. The predicted molar refractivity (Wildman–Crippen MR) is 43.0 cm³/mol. The van der Waals surface area contributed by atoms with Crippen LogP contribution in [0.2, 0.25) is 5.02 Å². The summed E-state index contributed by atoms with van der Waals surface area (Å²) >= 11 is 5.68. The second-order valence-electron chi connectivity index (χ2n) is 2.05. The summed E-state index contributed by atoms with van der Waals surface area (Å²) in [6, 6.07) is 1.84. The largest absolute Gasteiger partial charge is 0.383 e. The molecule has 0 radical (unpaired) electrons. The van der Waals surface area contributed by atoms with Crippen LogP contribution in [0.15, 0.2) is 12.3 Å². The van der Waals surface area contributed by atoms with Gasteiger partial charge in [0.25, 0.3) is 0 Å². The van der Waals surface area contributed by atoms with Crippen LogP contribution in [0.4, 0.5) is 5.82 Å². The third-order valence-corrected chi connectivity index (χ3v) is 1.56. The van der Waals surface area contributed by atoms with Crippen molar-refractivity contribution in [3.63, 3.8) is 0 Å². The fraction of sp³-hybridized carbons (Fsp3) is 0.286. The van der Waals surface area contributed by atoms with E-state index in [0.717, 1.165) is 12.0 Å². The minimum atomic E-state index is 0.576. The van der Waals surface area contributed by atoms with Crippen LogP contribution in [0.1, 0.15) is 12.5 Å². The second kappa shape index (κ2) is 2.88. The zero-order valence-corrected chi connectivity index (χ0v) is 6.52. The third kappa shape index (κ3) is 1.39. The number of rotatable bonds is 1. The number of hydrogen-bond acceptors (Lipinski definition) is 2. The summed E-state index contributed by atoms with van der Waals surface area (Å²) in [6.45, 7) is 2.02. The summed E-state index contributed by atoms with van der Waals surface area (Å²) < 4.78 is 0. The highest BCUT2D eigenvalue weighted by Crippen LogP contribution is 2.14. The average Bonchev–Trinajstić information content (AvgIpc) is 1.94. The summed E-state index contributed by atoms with van der Waals surface area (Å²) in [7, 11) is 0. The first-order valence-corrected chi connectivity index (χ1v) is 3.51. The molecule has 0 fully saturated rings. The molecule has 0 atom stereocenters. The van der Waals surface area contributed by atoms with E-state index in [2.05, 4.69) is 4.98 Å². The molecule has 0 aliphatic heterocycles. The molecule has 2 N–H and O–H groups in total. The average molecular weight is 157 g/mol. The lowest BCUT2D eigenvalue weighted by Gasteiger charge is -1.99. The van der Waals surface area contributed by atoms with E-state index in [1.807, 2.05) is 13.0 Å². The fourth-order valence-corrected chi connectivity index (χ4v) is 0.955. The molecule has 0 amide bonds. The highest BCUT2D eigenvalue weighted by Gasteiger charge is 1.97. The quantitative estimate of drug-likeness (QED) is 0.675. The van der Waals surface area contributed by atoms with Gasteiger partial charge < -0.3 is 5.73 Å². The van der Waals surface area contributed by atoms with Gasteiger partial charge in [-0.15, -0.1) is 0 Å². The van der Waals surface area contributed by atoms with Crippen LogP contribution in [0.3, 0.4) is 0 Å². The molecule has 1 heterocycles. The van der Waals surface area contributed by atoms with Gasteiger partial charge in [0.1, 0.15) is 5.82 Å². The van der Waals surface area contributed by atoms with Gasteiger partial charge in [-0.25, -0.2) is 4.98 Å². The Kier molecular flexibility index (Phi) is 2.12. The van der Waals surface area contributed by atoms with Gasteiger partial charge in [-0.2, -0.15) is 0 Å². The maximum atomic E-state index is 5.68. The van der Waals surface area contributed by atoms with Gasteiger partial charge in [0.2, 0.25) is 0 Å². The van der Waals surface area contributed by atoms with Gasteiger partial charge in [-0.05, 0) is 18.1 Å². The van der Waals surface area contributed by atoms with Crippen molar-refractivity contribution in [3.05, 3.63) is 22.8 Å². The van der Waals surface area contributed by atoms with Crippen LogP contribution in [0.5, 0.6) is 0 Å². The number of hydrogen-bond donors (Lipinski definition) is 1. The van der Waals surface area contributed by atoms with E-state index in [-0.39, 0.29) is 0 Å². The van der Waals surface area contributed by atoms with E-state index in [9.17, 15) is 0 Å². The highest BCUT2D eigenvalue weighted by molar-refractivity contribution is 6.30. The number of anilines is 1. The molecule has 0 aliphatic carbocycles. The van der Waals surface area contributed by atoms with Crippen LogP contribution < -0.4 is 5.73 Å². The summed E-state index contributed by atoms with van der Waals surface area (Å²) in [5.74, 6) is 0.576. The SMILES string of the molecule is CCc1cc(Cl)cnc1N. The maximum Gasteiger partial charge on any atom is 0.126 e. The Bertz CT molecular complexity index is 235. The van der Waals surface area contributed by atoms with E-state index in [4.69, 9.17) is 17.3 Å². The minimum absolute atomic E-state index is 0.576. The van der Waals surface area contributed by atoms with Crippen molar-refractivity contribution in [2.75, 3.05) is 5.73 Å². The van der Waals surface area contributed by atoms with Crippen LogP contribution >= 0.6 is 11.6 Å². The third-order valence-electron chi connectivity index (χ3n) is 1.35. The van der Waals surface area contributed by atoms with Crippen molar-refractivity contribution in [3.8, 4) is 0 Å². The monoisotopic (exact) mass is 156 g/mol. The molecular formula is C7H9ClN2. The number of nitrogen functional groups attached to an aromatic ring is 1. The van der Waals surface area contributed by atoms with Gasteiger partial charge in [0, 0.05) is 6.20 Å². The van der Waals surface area contributed by atoms with E-state index in [0.29, 0.717) is 10.8 Å². The molecule has 10 heavy (non-hydrogen) atoms. The number of nitrogens with two attached hydrogens (primary N) is 1. The van der Waals surface area contributed by atoms with Gasteiger partial charge in [0.05, 0.1) is 5.02 Å². The zero-order chi connectivity index (χ0) is 7.56.